The number of carboxylic acid groups (broad SMARTS) is 1. The van der Waals surface area contributed by atoms with E-state index in [1.807, 2.05) is 18.3 Å². The van der Waals surface area contributed by atoms with Crippen LogP contribution in [-0.2, 0) is 10.2 Å². The van der Waals surface area contributed by atoms with Gasteiger partial charge >= 0.3 is 5.97 Å². The van der Waals surface area contributed by atoms with Crippen molar-refractivity contribution in [2.24, 2.45) is 0 Å². The Morgan fingerprint density at radius 3 is 2.94 bits per heavy atom. The number of hydrogen-bond donors (Lipinski definition) is 2. The molecule has 0 bridgehead atoms. The summed E-state index contributed by atoms with van der Waals surface area (Å²) >= 11 is 0. The van der Waals surface area contributed by atoms with Crippen LogP contribution in [0.15, 0.2) is 24.5 Å². The van der Waals surface area contributed by atoms with E-state index in [2.05, 4.69) is 9.97 Å². The second-order valence-electron chi connectivity index (χ2n) is 4.38. The van der Waals surface area contributed by atoms with Gasteiger partial charge in [-0.1, -0.05) is 6.42 Å². The van der Waals surface area contributed by atoms with Gasteiger partial charge in [-0.05, 0) is 30.5 Å². The molecule has 2 aromatic heterocycles. The number of H-pyrrole nitrogens is 1. The summed E-state index contributed by atoms with van der Waals surface area (Å²) in [6.07, 6.45) is 5.93. The molecule has 0 amide bonds. The van der Waals surface area contributed by atoms with Gasteiger partial charge in [0.1, 0.15) is 0 Å². The summed E-state index contributed by atoms with van der Waals surface area (Å²) in [5.41, 5.74) is 1.92. The molecule has 2 N–H and O–H groups in total. The third-order valence-corrected chi connectivity index (χ3v) is 3.57. The van der Waals surface area contributed by atoms with Crippen molar-refractivity contribution in [3.8, 4) is 0 Å². The van der Waals surface area contributed by atoms with E-state index in [9.17, 15) is 9.90 Å². The first kappa shape index (κ1) is 9.39. The molecule has 4 heteroatoms. The highest BCUT2D eigenvalue weighted by atomic mass is 16.4. The summed E-state index contributed by atoms with van der Waals surface area (Å²) in [6, 6.07) is 3.79. The monoisotopic (exact) mass is 216 g/mol. The molecule has 1 fully saturated rings. The number of rotatable bonds is 2. The molecule has 0 aliphatic heterocycles. The molecule has 4 nitrogen and oxygen atoms in total. The zero-order valence-electron chi connectivity index (χ0n) is 8.73. The lowest BCUT2D eigenvalue weighted by Crippen LogP contribution is -2.42. The van der Waals surface area contributed by atoms with Crippen molar-refractivity contribution in [1.82, 2.24) is 9.97 Å². The summed E-state index contributed by atoms with van der Waals surface area (Å²) in [7, 11) is 0. The van der Waals surface area contributed by atoms with E-state index in [4.69, 9.17) is 0 Å². The first-order valence-electron chi connectivity index (χ1n) is 5.39. The number of carboxylic acids is 1. The van der Waals surface area contributed by atoms with Crippen molar-refractivity contribution >= 4 is 17.0 Å². The van der Waals surface area contributed by atoms with Crippen LogP contribution in [0.1, 0.15) is 24.8 Å². The number of carbonyl (C=O) groups is 1. The van der Waals surface area contributed by atoms with E-state index >= 15 is 0 Å². The Labute approximate surface area is 92.3 Å². The lowest BCUT2D eigenvalue weighted by Gasteiger charge is -2.37. The average molecular weight is 216 g/mol. The van der Waals surface area contributed by atoms with Crippen molar-refractivity contribution in [3.05, 3.63) is 30.1 Å². The normalized spacial score (nSPS) is 18.2. The highest BCUT2D eigenvalue weighted by Gasteiger charge is 2.46. The summed E-state index contributed by atoms with van der Waals surface area (Å²) in [5.74, 6) is -0.730. The second kappa shape index (κ2) is 3.07. The highest BCUT2D eigenvalue weighted by Crippen LogP contribution is 2.44. The Kier molecular flexibility index (Phi) is 1.80. The molecule has 0 radical (unpaired) electrons. The van der Waals surface area contributed by atoms with Crippen molar-refractivity contribution < 1.29 is 9.90 Å². The number of hydrogen-bond acceptors (Lipinski definition) is 2. The number of fused-ring (bicyclic) bond motifs is 1. The van der Waals surface area contributed by atoms with Gasteiger partial charge in [-0.15, -0.1) is 0 Å². The van der Waals surface area contributed by atoms with E-state index in [1.54, 1.807) is 6.20 Å². The van der Waals surface area contributed by atoms with E-state index < -0.39 is 11.4 Å². The van der Waals surface area contributed by atoms with Crippen molar-refractivity contribution in [2.75, 3.05) is 0 Å². The lowest BCUT2D eigenvalue weighted by atomic mass is 9.65. The minimum absolute atomic E-state index is 0.688. The van der Waals surface area contributed by atoms with Crippen LogP contribution >= 0.6 is 0 Å². The zero-order valence-corrected chi connectivity index (χ0v) is 8.73. The number of pyridine rings is 1. The Bertz CT molecular complexity index is 555. The van der Waals surface area contributed by atoms with Crippen molar-refractivity contribution in [1.29, 1.82) is 0 Å². The summed E-state index contributed by atoms with van der Waals surface area (Å²) in [6.45, 7) is 0. The van der Waals surface area contributed by atoms with Gasteiger partial charge in [0.05, 0.1) is 16.4 Å². The molecule has 1 aliphatic rings. The Balaban J connectivity index is 2.14. The first-order valence-corrected chi connectivity index (χ1v) is 5.39. The Morgan fingerprint density at radius 1 is 1.50 bits per heavy atom. The second-order valence-corrected chi connectivity index (χ2v) is 4.38. The number of aromatic amines is 1. The maximum Gasteiger partial charge on any atom is 0.314 e. The predicted molar refractivity (Wildman–Crippen MR) is 59.3 cm³/mol. The SMILES string of the molecule is O=C(O)C1(c2cnc3cc[nH]c3c2)CCC1. The van der Waals surface area contributed by atoms with Gasteiger partial charge in [0.15, 0.2) is 0 Å². The van der Waals surface area contributed by atoms with Crippen LogP contribution in [0.4, 0.5) is 0 Å². The van der Waals surface area contributed by atoms with Gasteiger partial charge in [-0.2, -0.15) is 0 Å². The van der Waals surface area contributed by atoms with E-state index in [0.29, 0.717) is 0 Å². The van der Waals surface area contributed by atoms with Crippen LogP contribution < -0.4 is 0 Å². The van der Waals surface area contributed by atoms with E-state index in [-0.39, 0.29) is 0 Å². The summed E-state index contributed by atoms with van der Waals surface area (Å²) in [4.78, 5) is 18.7. The molecule has 2 heterocycles. The van der Waals surface area contributed by atoms with Gasteiger partial charge in [0, 0.05) is 12.4 Å². The van der Waals surface area contributed by atoms with Gasteiger partial charge in [-0.25, -0.2) is 0 Å². The molecule has 82 valence electrons. The minimum Gasteiger partial charge on any atom is -0.481 e. The molecule has 16 heavy (non-hydrogen) atoms. The van der Waals surface area contributed by atoms with Crippen LogP contribution in [0.25, 0.3) is 11.0 Å². The third-order valence-electron chi connectivity index (χ3n) is 3.57. The maximum absolute atomic E-state index is 11.3. The topological polar surface area (TPSA) is 66.0 Å². The number of nitrogens with one attached hydrogen (secondary N) is 1. The standard InChI is InChI=1S/C12H12N2O2/c15-11(16)12(3-1-4-12)8-6-10-9(14-7-8)2-5-13-10/h2,5-7,13H,1,3-4H2,(H,15,16). The van der Waals surface area contributed by atoms with Crippen LogP contribution in [0.2, 0.25) is 0 Å². The van der Waals surface area contributed by atoms with Crippen LogP contribution in [0, 0.1) is 0 Å². The van der Waals surface area contributed by atoms with Crippen molar-refractivity contribution in [3.63, 3.8) is 0 Å². The quantitative estimate of drug-likeness (QED) is 0.807. The molecule has 0 spiro atoms. The van der Waals surface area contributed by atoms with Gasteiger partial charge in [-0.3, -0.25) is 9.78 Å². The molecular formula is C12H12N2O2. The van der Waals surface area contributed by atoms with Crippen LogP contribution in [0.3, 0.4) is 0 Å². The van der Waals surface area contributed by atoms with Gasteiger partial charge < -0.3 is 10.1 Å². The largest absolute Gasteiger partial charge is 0.481 e. The molecular weight excluding hydrogens is 204 g/mol. The Hall–Kier alpha value is -1.84. The van der Waals surface area contributed by atoms with E-state index in [1.165, 1.54) is 0 Å². The molecule has 1 saturated carbocycles. The highest BCUT2D eigenvalue weighted by molar-refractivity contribution is 5.84. The first-order chi connectivity index (χ1) is 7.72. The predicted octanol–water partition coefficient (Wildman–Crippen LogP) is 2.07. The fourth-order valence-corrected chi connectivity index (χ4v) is 2.35. The number of aromatic nitrogens is 2. The molecule has 1 aliphatic carbocycles. The number of nitrogens with zero attached hydrogens (tertiary/aromatic N) is 1. The molecule has 3 rings (SSSR count). The molecule has 0 saturated heterocycles. The van der Waals surface area contributed by atoms with Crippen LogP contribution in [0.5, 0.6) is 0 Å². The van der Waals surface area contributed by atoms with E-state index in [0.717, 1.165) is 35.9 Å². The number of aliphatic carboxylic acids is 1. The molecule has 0 unspecified atom stereocenters. The van der Waals surface area contributed by atoms with Crippen molar-refractivity contribution in [2.45, 2.75) is 24.7 Å². The molecule has 2 aromatic rings. The fraction of sp³-hybridized carbons (Fsp3) is 0.333. The van der Waals surface area contributed by atoms with Crippen LogP contribution in [-0.4, -0.2) is 21.0 Å². The van der Waals surface area contributed by atoms with Gasteiger partial charge in [0.2, 0.25) is 0 Å². The molecule has 0 atom stereocenters. The fourth-order valence-electron chi connectivity index (χ4n) is 2.35. The third kappa shape index (κ3) is 1.10. The maximum atomic E-state index is 11.3. The Morgan fingerprint density at radius 2 is 2.31 bits per heavy atom. The summed E-state index contributed by atoms with van der Waals surface area (Å²) in [5, 5.41) is 9.32. The lowest BCUT2D eigenvalue weighted by molar-refractivity contribution is -0.147. The summed E-state index contributed by atoms with van der Waals surface area (Å²) < 4.78 is 0. The smallest absolute Gasteiger partial charge is 0.314 e. The minimum atomic E-state index is -0.730. The average Bonchev–Trinajstić information content (AvgIpc) is 2.62. The van der Waals surface area contributed by atoms with Gasteiger partial charge in [0.25, 0.3) is 0 Å². The zero-order chi connectivity index (χ0) is 11.2. The molecule has 0 aromatic carbocycles.